The molecule has 1 heteroatoms. The molecule has 0 rings (SSSR count). The molecule has 0 aliphatic heterocycles. The Balaban J connectivity index is 3.82. The maximum atomic E-state index is 4.29. The average Bonchev–Trinajstić information content (AvgIpc) is 1.98. The van der Waals surface area contributed by atoms with E-state index in [1.54, 1.807) is 0 Å². The summed E-state index contributed by atoms with van der Waals surface area (Å²) in [4.78, 5) is 4.29. The van der Waals surface area contributed by atoms with Gasteiger partial charge in [0.05, 0.1) is 0 Å². The Morgan fingerprint density at radius 1 is 1.20 bits per heavy atom. The fourth-order valence-corrected chi connectivity index (χ4v) is 0.732. The van der Waals surface area contributed by atoms with Crippen molar-refractivity contribution in [3.63, 3.8) is 0 Å². The standard InChI is InChI=1S/C9H17N/c1-4-7-9(6-3)10-8-5-2/h7-8H,4-6H2,1-3H3/b9-7-,10-8?. The van der Waals surface area contributed by atoms with Crippen molar-refractivity contribution in [2.75, 3.05) is 0 Å². The summed E-state index contributed by atoms with van der Waals surface area (Å²) >= 11 is 0. The molecule has 0 aromatic carbocycles. The van der Waals surface area contributed by atoms with E-state index in [0.717, 1.165) is 19.3 Å². The van der Waals surface area contributed by atoms with E-state index in [-0.39, 0.29) is 0 Å². The molecule has 0 atom stereocenters. The minimum absolute atomic E-state index is 1.03. The van der Waals surface area contributed by atoms with Crippen molar-refractivity contribution >= 4 is 6.21 Å². The van der Waals surface area contributed by atoms with Crippen molar-refractivity contribution in [2.45, 2.75) is 40.0 Å². The fraction of sp³-hybridized carbons (Fsp3) is 0.667. The summed E-state index contributed by atoms with van der Waals surface area (Å²) in [5.74, 6) is 0. The molecule has 0 saturated heterocycles. The van der Waals surface area contributed by atoms with Crippen LogP contribution in [-0.2, 0) is 0 Å². The number of rotatable bonds is 4. The Morgan fingerprint density at radius 3 is 2.30 bits per heavy atom. The lowest BCUT2D eigenvalue weighted by Gasteiger charge is -1.93. The highest BCUT2D eigenvalue weighted by atomic mass is 14.7. The molecule has 1 nitrogen and oxygen atoms in total. The van der Waals surface area contributed by atoms with Gasteiger partial charge < -0.3 is 0 Å². The molecule has 0 aromatic heterocycles. The molecule has 0 N–H and O–H groups in total. The molecular weight excluding hydrogens is 122 g/mol. The predicted octanol–water partition coefficient (Wildman–Crippen LogP) is 3.17. The molecule has 0 saturated carbocycles. The van der Waals surface area contributed by atoms with E-state index >= 15 is 0 Å². The molecule has 58 valence electrons. The normalized spacial score (nSPS) is 12.9. The number of aliphatic imine (C=N–C) groups is 1. The molecular formula is C9H17N. The van der Waals surface area contributed by atoms with Gasteiger partial charge in [0, 0.05) is 11.9 Å². The molecule has 0 aromatic rings. The van der Waals surface area contributed by atoms with E-state index in [2.05, 4.69) is 31.8 Å². The Kier molecular flexibility index (Phi) is 6.14. The molecule has 0 aliphatic carbocycles. The Labute approximate surface area is 63.9 Å². The van der Waals surface area contributed by atoms with Gasteiger partial charge in [-0.2, -0.15) is 0 Å². The van der Waals surface area contributed by atoms with Crippen LogP contribution in [0, 0.1) is 0 Å². The molecule has 0 spiro atoms. The monoisotopic (exact) mass is 139 g/mol. The smallest absolute Gasteiger partial charge is 0.0357 e. The van der Waals surface area contributed by atoms with Gasteiger partial charge in [0.15, 0.2) is 0 Å². The Hall–Kier alpha value is -0.590. The van der Waals surface area contributed by atoms with E-state index in [1.165, 1.54) is 5.70 Å². The summed E-state index contributed by atoms with van der Waals surface area (Å²) in [5.41, 5.74) is 1.21. The lowest BCUT2D eigenvalue weighted by atomic mass is 10.3. The first kappa shape index (κ1) is 9.41. The van der Waals surface area contributed by atoms with Crippen LogP contribution in [0.1, 0.15) is 40.0 Å². The third-order valence-corrected chi connectivity index (χ3v) is 1.24. The molecule has 0 radical (unpaired) electrons. The van der Waals surface area contributed by atoms with Crippen LogP contribution in [0.25, 0.3) is 0 Å². The molecule has 0 fully saturated rings. The molecule has 10 heavy (non-hydrogen) atoms. The minimum Gasteiger partial charge on any atom is -0.266 e. The van der Waals surface area contributed by atoms with Crippen LogP contribution in [0.2, 0.25) is 0 Å². The molecule has 0 unspecified atom stereocenters. The van der Waals surface area contributed by atoms with Gasteiger partial charge in [0.1, 0.15) is 0 Å². The molecule has 0 amide bonds. The van der Waals surface area contributed by atoms with Crippen molar-refractivity contribution in [3.8, 4) is 0 Å². The minimum atomic E-state index is 1.03. The van der Waals surface area contributed by atoms with Crippen LogP contribution < -0.4 is 0 Å². The molecule has 0 aliphatic rings. The van der Waals surface area contributed by atoms with Crippen LogP contribution in [0.4, 0.5) is 0 Å². The average molecular weight is 139 g/mol. The second-order valence-electron chi connectivity index (χ2n) is 2.18. The summed E-state index contributed by atoms with van der Waals surface area (Å²) in [6.07, 6.45) is 7.30. The van der Waals surface area contributed by atoms with E-state index < -0.39 is 0 Å². The van der Waals surface area contributed by atoms with Gasteiger partial charge in [-0.3, -0.25) is 4.99 Å². The summed E-state index contributed by atoms with van der Waals surface area (Å²) in [7, 11) is 0. The summed E-state index contributed by atoms with van der Waals surface area (Å²) < 4.78 is 0. The van der Waals surface area contributed by atoms with Gasteiger partial charge >= 0.3 is 0 Å². The van der Waals surface area contributed by atoms with Gasteiger partial charge in [-0.15, -0.1) is 0 Å². The van der Waals surface area contributed by atoms with E-state index in [0.29, 0.717) is 0 Å². The van der Waals surface area contributed by atoms with Crippen molar-refractivity contribution in [2.24, 2.45) is 4.99 Å². The summed E-state index contributed by atoms with van der Waals surface area (Å²) in [6, 6.07) is 0. The first-order chi connectivity index (χ1) is 4.85. The predicted molar refractivity (Wildman–Crippen MR) is 47.4 cm³/mol. The zero-order chi connectivity index (χ0) is 7.82. The summed E-state index contributed by atoms with van der Waals surface area (Å²) in [5, 5.41) is 0. The molecule has 0 bridgehead atoms. The van der Waals surface area contributed by atoms with Gasteiger partial charge in [0.25, 0.3) is 0 Å². The number of hydrogen-bond donors (Lipinski definition) is 0. The zero-order valence-corrected chi connectivity index (χ0v) is 7.22. The van der Waals surface area contributed by atoms with Crippen LogP contribution in [0.3, 0.4) is 0 Å². The first-order valence-corrected chi connectivity index (χ1v) is 4.06. The van der Waals surface area contributed by atoms with E-state index in [1.807, 2.05) is 6.21 Å². The van der Waals surface area contributed by atoms with Crippen LogP contribution in [0.15, 0.2) is 16.8 Å². The largest absolute Gasteiger partial charge is 0.266 e. The fourth-order valence-electron chi connectivity index (χ4n) is 0.732. The lowest BCUT2D eigenvalue weighted by molar-refractivity contribution is 1.03. The van der Waals surface area contributed by atoms with Gasteiger partial charge in [0.2, 0.25) is 0 Å². The number of nitrogens with zero attached hydrogens (tertiary/aromatic N) is 1. The van der Waals surface area contributed by atoms with Crippen LogP contribution in [0.5, 0.6) is 0 Å². The van der Waals surface area contributed by atoms with Crippen molar-refractivity contribution in [1.82, 2.24) is 0 Å². The third kappa shape index (κ3) is 4.30. The third-order valence-electron chi connectivity index (χ3n) is 1.24. The van der Waals surface area contributed by atoms with E-state index in [9.17, 15) is 0 Å². The van der Waals surface area contributed by atoms with Crippen molar-refractivity contribution in [1.29, 1.82) is 0 Å². The Morgan fingerprint density at radius 2 is 1.90 bits per heavy atom. The zero-order valence-electron chi connectivity index (χ0n) is 7.22. The van der Waals surface area contributed by atoms with Crippen LogP contribution >= 0.6 is 0 Å². The Bertz CT molecular complexity index is 123. The first-order valence-electron chi connectivity index (χ1n) is 4.06. The quantitative estimate of drug-likeness (QED) is 0.530. The van der Waals surface area contributed by atoms with Crippen LogP contribution in [-0.4, -0.2) is 6.21 Å². The highest BCUT2D eigenvalue weighted by Crippen LogP contribution is 2.02. The maximum Gasteiger partial charge on any atom is 0.0357 e. The highest BCUT2D eigenvalue weighted by Gasteiger charge is 1.84. The maximum absolute atomic E-state index is 4.29. The SMILES string of the molecule is CCC=N/C(=C\CC)CC. The highest BCUT2D eigenvalue weighted by molar-refractivity contribution is 5.58. The van der Waals surface area contributed by atoms with Gasteiger partial charge in [-0.05, 0) is 19.3 Å². The van der Waals surface area contributed by atoms with Gasteiger partial charge in [-0.1, -0.05) is 26.8 Å². The molecule has 0 heterocycles. The van der Waals surface area contributed by atoms with Crippen molar-refractivity contribution in [3.05, 3.63) is 11.8 Å². The van der Waals surface area contributed by atoms with Crippen molar-refractivity contribution < 1.29 is 0 Å². The topological polar surface area (TPSA) is 12.4 Å². The second-order valence-corrected chi connectivity index (χ2v) is 2.18. The summed E-state index contributed by atoms with van der Waals surface area (Å²) in [6.45, 7) is 6.37. The lowest BCUT2D eigenvalue weighted by Crippen LogP contribution is -1.76. The second kappa shape index (κ2) is 6.53. The van der Waals surface area contributed by atoms with E-state index in [4.69, 9.17) is 0 Å². The number of hydrogen-bond acceptors (Lipinski definition) is 1. The van der Waals surface area contributed by atoms with Gasteiger partial charge in [-0.25, -0.2) is 0 Å². The number of allylic oxidation sites excluding steroid dienone is 2.